The lowest BCUT2D eigenvalue weighted by molar-refractivity contribution is -0.116. The van der Waals surface area contributed by atoms with Crippen molar-refractivity contribution in [3.05, 3.63) is 72.4 Å². The van der Waals surface area contributed by atoms with Gasteiger partial charge in [0.05, 0.1) is 13.7 Å². The summed E-state index contributed by atoms with van der Waals surface area (Å²) in [5, 5.41) is 3.90. The van der Waals surface area contributed by atoms with E-state index in [4.69, 9.17) is 9.47 Å². The Morgan fingerprint density at radius 2 is 2.00 bits per heavy atom. The Kier molecular flexibility index (Phi) is 6.41. The first kappa shape index (κ1) is 18.5. The first-order valence-corrected chi connectivity index (χ1v) is 8.83. The van der Waals surface area contributed by atoms with E-state index >= 15 is 0 Å². The van der Waals surface area contributed by atoms with Crippen LogP contribution in [-0.4, -0.2) is 31.2 Å². The molecule has 1 amide bonds. The van der Waals surface area contributed by atoms with Crippen molar-refractivity contribution in [3.63, 3.8) is 0 Å². The number of rotatable bonds is 8. The van der Waals surface area contributed by atoms with Crippen LogP contribution in [0.25, 0.3) is 17.0 Å². The number of carbonyl (C=O) groups is 1. The number of benzene rings is 2. The third kappa shape index (κ3) is 5.31. The smallest absolute Gasteiger partial charge is 0.244 e. The number of fused-ring (bicyclic) bond motifs is 1. The average molecular weight is 362 g/mol. The highest BCUT2D eigenvalue weighted by Gasteiger charge is 2.02. The van der Waals surface area contributed by atoms with Gasteiger partial charge in [-0.2, -0.15) is 0 Å². The van der Waals surface area contributed by atoms with Crippen molar-refractivity contribution in [2.45, 2.75) is 6.42 Å². The summed E-state index contributed by atoms with van der Waals surface area (Å²) in [6.45, 7) is 1.05. The van der Waals surface area contributed by atoms with Gasteiger partial charge in [-0.1, -0.05) is 30.3 Å². The molecule has 0 fully saturated rings. The molecule has 0 radical (unpaired) electrons. The molecule has 138 valence electrons. The molecule has 0 saturated carbocycles. The van der Waals surface area contributed by atoms with Crippen molar-refractivity contribution < 1.29 is 14.3 Å². The minimum Gasteiger partial charge on any atom is -0.497 e. The first-order chi connectivity index (χ1) is 13.3. The van der Waals surface area contributed by atoms with Gasteiger partial charge in [-0.15, -0.1) is 0 Å². The number of amides is 1. The highest BCUT2D eigenvalue weighted by atomic mass is 16.5. The van der Waals surface area contributed by atoms with Crippen LogP contribution in [0.3, 0.4) is 0 Å². The highest BCUT2D eigenvalue weighted by molar-refractivity contribution is 5.91. The zero-order valence-corrected chi connectivity index (χ0v) is 15.2. The number of para-hydroxylation sites is 1. The third-order valence-corrected chi connectivity index (χ3v) is 3.99. The SMILES string of the molecule is COc1cccc(/C=C/C(=O)NCCCOc2cccc3cccnc23)c1. The predicted octanol–water partition coefficient (Wildman–Crippen LogP) is 3.84. The number of methoxy groups -OCH3 is 1. The molecule has 1 aromatic heterocycles. The number of hydrogen-bond donors (Lipinski definition) is 1. The summed E-state index contributed by atoms with van der Waals surface area (Å²) in [4.78, 5) is 16.3. The van der Waals surface area contributed by atoms with Crippen molar-refractivity contribution in [2.24, 2.45) is 0 Å². The van der Waals surface area contributed by atoms with E-state index in [1.807, 2.05) is 54.6 Å². The molecule has 0 unspecified atom stereocenters. The standard InChI is InChI=1S/C22H22N2O3/c1-26-19-9-2-6-17(16-19)11-12-21(25)23-14-5-15-27-20-10-3-7-18-8-4-13-24-22(18)20/h2-4,6-13,16H,5,14-15H2,1H3,(H,23,25)/b12-11+. The number of nitrogens with one attached hydrogen (secondary N) is 1. The molecule has 5 nitrogen and oxygen atoms in total. The Bertz CT molecular complexity index is 932. The average Bonchev–Trinajstić information content (AvgIpc) is 2.72. The Labute approximate surface area is 158 Å². The van der Waals surface area contributed by atoms with Gasteiger partial charge >= 0.3 is 0 Å². The maximum Gasteiger partial charge on any atom is 0.244 e. The van der Waals surface area contributed by atoms with Crippen LogP contribution in [0.4, 0.5) is 0 Å². The van der Waals surface area contributed by atoms with Crippen LogP contribution >= 0.6 is 0 Å². The number of ether oxygens (including phenoxy) is 2. The topological polar surface area (TPSA) is 60.5 Å². The summed E-state index contributed by atoms with van der Waals surface area (Å²) in [5.74, 6) is 1.39. The van der Waals surface area contributed by atoms with Crippen LogP contribution in [0.2, 0.25) is 0 Å². The van der Waals surface area contributed by atoms with Gasteiger partial charge < -0.3 is 14.8 Å². The number of pyridine rings is 1. The van der Waals surface area contributed by atoms with Gasteiger partial charge in [0, 0.05) is 24.2 Å². The molecule has 0 aliphatic rings. The van der Waals surface area contributed by atoms with E-state index in [9.17, 15) is 4.79 Å². The normalized spacial score (nSPS) is 10.9. The molecule has 0 aliphatic carbocycles. The van der Waals surface area contributed by atoms with Crippen LogP contribution in [0.5, 0.6) is 11.5 Å². The quantitative estimate of drug-likeness (QED) is 0.488. The second-order valence-electron chi connectivity index (χ2n) is 5.93. The molecule has 1 heterocycles. The van der Waals surface area contributed by atoms with Gasteiger partial charge in [0.15, 0.2) is 0 Å². The number of nitrogens with zero attached hydrogens (tertiary/aromatic N) is 1. The Morgan fingerprint density at radius 1 is 1.15 bits per heavy atom. The molecular weight excluding hydrogens is 340 g/mol. The number of hydrogen-bond acceptors (Lipinski definition) is 4. The summed E-state index contributed by atoms with van der Waals surface area (Å²) in [6.07, 6.45) is 5.74. The fraction of sp³-hybridized carbons (Fsp3) is 0.182. The molecule has 0 spiro atoms. The third-order valence-electron chi connectivity index (χ3n) is 3.99. The van der Waals surface area contributed by atoms with Crippen molar-refractivity contribution >= 4 is 22.9 Å². The highest BCUT2D eigenvalue weighted by Crippen LogP contribution is 2.22. The number of carbonyl (C=O) groups excluding carboxylic acids is 1. The van der Waals surface area contributed by atoms with Gasteiger partial charge in [0.25, 0.3) is 0 Å². The Morgan fingerprint density at radius 3 is 2.89 bits per heavy atom. The molecule has 27 heavy (non-hydrogen) atoms. The van der Waals surface area contributed by atoms with E-state index < -0.39 is 0 Å². The van der Waals surface area contributed by atoms with Crippen molar-refractivity contribution in [3.8, 4) is 11.5 Å². The van der Waals surface area contributed by atoms with Gasteiger partial charge in [-0.3, -0.25) is 9.78 Å². The minimum absolute atomic E-state index is 0.135. The molecule has 2 aromatic carbocycles. The molecule has 0 atom stereocenters. The molecule has 3 rings (SSSR count). The minimum atomic E-state index is -0.135. The summed E-state index contributed by atoms with van der Waals surface area (Å²) in [7, 11) is 1.62. The lowest BCUT2D eigenvalue weighted by Gasteiger charge is -2.08. The summed E-state index contributed by atoms with van der Waals surface area (Å²) >= 11 is 0. The van der Waals surface area contributed by atoms with Gasteiger partial charge in [0.2, 0.25) is 5.91 Å². The van der Waals surface area contributed by atoms with Crippen molar-refractivity contribution in [1.82, 2.24) is 10.3 Å². The van der Waals surface area contributed by atoms with E-state index in [0.717, 1.165) is 28.0 Å². The van der Waals surface area contributed by atoms with E-state index in [0.29, 0.717) is 19.6 Å². The maximum absolute atomic E-state index is 11.9. The first-order valence-electron chi connectivity index (χ1n) is 8.83. The maximum atomic E-state index is 11.9. The predicted molar refractivity (Wildman–Crippen MR) is 107 cm³/mol. The second-order valence-corrected chi connectivity index (χ2v) is 5.93. The Hall–Kier alpha value is -3.34. The lowest BCUT2D eigenvalue weighted by atomic mass is 10.2. The summed E-state index contributed by atoms with van der Waals surface area (Å²) in [6, 6.07) is 17.3. The van der Waals surface area contributed by atoms with Gasteiger partial charge in [-0.05, 0) is 42.3 Å². The lowest BCUT2D eigenvalue weighted by Crippen LogP contribution is -2.23. The van der Waals surface area contributed by atoms with E-state index in [2.05, 4.69) is 10.3 Å². The molecule has 1 N–H and O–H groups in total. The van der Waals surface area contributed by atoms with E-state index in [-0.39, 0.29) is 5.91 Å². The zero-order valence-electron chi connectivity index (χ0n) is 15.2. The van der Waals surface area contributed by atoms with E-state index in [1.54, 1.807) is 19.4 Å². The van der Waals surface area contributed by atoms with Crippen LogP contribution in [-0.2, 0) is 4.79 Å². The van der Waals surface area contributed by atoms with Gasteiger partial charge in [-0.25, -0.2) is 0 Å². The van der Waals surface area contributed by atoms with E-state index in [1.165, 1.54) is 6.08 Å². The van der Waals surface area contributed by atoms with Gasteiger partial charge in [0.1, 0.15) is 17.0 Å². The van der Waals surface area contributed by atoms with Crippen molar-refractivity contribution in [2.75, 3.05) is 20.3 Å². The molecule has 0 bridgehead atoms. The Balaban J connectivity index is 1.42. The van der Waals surface area contributed by atoms with Crippen LogP contribution in [0.1, 0.15) is 12.0 Å². The van der Waals surface area contributed by atoms with Crippen LogP contribution in [0.15, 0.2) is 66.9 Å². The zero-order chi connectivity index (χ0) is 18.9. The molecule has 0 saturated heterocycles. The molecular formula is C22H22N2O3. The monoisotopic (exact) mass is 362 g/mol. The summed E-state index contributed by atoms with van der Waals surface area (Å²) < 4.78 is 11.0. The molecule has 5 heteroatoms. The van der Waals surface area contributed by atoms with Crippen LogP contribution < -0.4 is 14.8 Å². The van der Waals surface area contributed by atoms with Crippen molar-refractivity contribution in [1.29, 1.82) is 0 Å². The largest absolute Gasteiger partial charge is 0.497 e. The second kappa shape index (κ2) is 9.38. The molecule has 3 aromatic rings. The number of aromatic nitrogens is 1. The fourth-order valence-electron chi connectivity index (χ4n) is 2.63. The fourth-order valence-corrected chi connectivity index (χ4v) is 2.63. The summed E-state index contributed by atoms with van der Waals surface area (Å²) in [5.41, 5.74) is 1.77. The molecule has 0 aliphatic heterocycles. The van der Waals surface area contributed by atoms with Crippen LogP contribution in [0, 0.1) is 0 Å².